The molecular formula is C20H25N3O2. The van der Waals surface area contributed by atoms with Crippen LogP contribution in [0.15, 0.2) is 48.8 Å². The number of carbonyl (C=O) groups is 2. The minimum absolute atomic E-state index is 0.154. The van der Waals surface area contributed by atoms with Gasteiger partial charge in [0.05, 0.1) is 0 Å². The van der Waals surface area contributed by atoms with Crippen molar-refractivity contribution in [1.29, 1.82) is 0 Å². The molecule has 25 heavy (non-hydrogen) atoms. The molecule has 2 rings (SSSR count). The first-order valence-corrected chi connectivity index (χ1v) is 8.48. The van der Waals surface area contributed by atoms with Crippen molar-refractivity contribution in [3.8, 4) is 0 Å². The number of nitrogens with one attached hydrogen (secondary N) is 1. The van der Waals surface area contributed by atoms with Gasteiger partial charge in [0.25, 0.3) is 0 Å². The number of aromatic nitrogens is 1. The van der Waals surface area contributed by atoms with Gasteiger partial charge in [-0.05, 0) is 47.7 Å². The molecule has 0 fully saturated rings. The molecule has 0 aliphatic carbocycles. The number of pyridine rings is 1. The molecule has 0 aliphatic rings. The van der Waals surface area contributed by atoms with Gasteiger partial charge in [0, 0.05) is 31.7 Å². The predicted octanol–water partition coefficient (Wildman–Crippen LogP) is 3.23. The summed E-state index contributed by atoms with van der Waals surface area (Å²) in [6.45, 7) is 4.81. The van der Waals surface area contributed by atoms with Crippen LogP contribution in [0.25, 0.3) is 0 Å². The average molecular weight is 339 g/mol. The van der Waals surface area contributed by atoms with E-state index >= 15 is 0 Å². The third-order valence-corrected chi connectivity index (χ3v) is 4.08. The molecule has 2 amide bonds. The highest BCUT2D eigenvalue weighted by Gasteiger charge is 2.14. The molecule has 1 N–H and O–H groups in total. The lowest BCUT2D eigenvalue weighted by Crippen LogP contribution is -2.32. The van der Waals surface area contributed by atoms with Crippen LogP contribution >= 0.6 is 0 Å². The van der Waals surface area contributed by atoms with E-state index in [9.17, 15) is 9.59 Å². The zero-order chi connectivity index (χ0) is 18.2. The van der Waals surface area contributed by atoms with E-state index in [0.29, 0.717) is 18.2 Å². The van der Waals surface area contributed by atoms with E-state index in [2.05, 4.69) is 24.1 Å². The highest BCUT2D eigenvalue weighted by Crippen LogP contribution is 2.17. The number of amides is 2. The predicted molar refractivity (Wildman–Crippen MR) is 99.4 cm³/mol. The smallest absolute Gasteiger partial charge is 0.233 e. The fraction of sp³-hybridized carbons (Fsp3) is 0.350. The van der Waals surface area contributed by atoms with Gasteiger partial charge in [-0.3, -0.25) is 14.6 Å². The zero-order valence-corrected chi connectivity index (χ0v) is 15.0. The van der Waals surface area contributed by atoms with Gasteiger partial charge in [-0.1, -0.05) is 26.0 Å². The van der Waals surface area contributed by atoms with E-state index in [0.717, 1.165) is 12.0 Å². The zero-order valence-electron chi connectivity index (χ0n) is 15.0. The van der Waals surface area contributed by atoms with Crippen LogP contribution in [0.1, 0.15) is 37.3 Å². The SMILES string of the molecule is CC(C)c1ccc(NC(=O)CC(=O)N(C)CCc2ccncc2)cc1. The number of hydrogen-bond donors (Lipinski definition) is 1. The molecule has 0 spiro atoms. The molecule has 5 nitrogen and oxygen atoms in total. The van der Waals surface area contributed by atoms with Gasteiger partial charge in [0.2, 0.25) is 11.8 Å². The Bertz CT molecular complexity index is 697. The molecule has 1 aromatic heterocycles. The van der Waals surface area contributed by atoms with Crippen LogP contribution in [-0.2, 0) is 16.0 Å². The maximum atomic E-state index is 12.2. The standard InChI is InChI=1S/C20H25N3O2/c1-15(2)17-4-6-18(7-5-17)22-19(24)14-20(25)23(3)13-10-16-8-11-21-12-9-16/h4-9,11-12,15H,10,13-14H2,1-3H3,(H,22,24). The van der Waals surface area contributed by atoms with Gasteiger partial charge in [-0.15, -0.1) is 0 Å². The number of rotatable bonds is 7. The van der Waals surface area contributed by atoms with Gasteiger partial charge in [0.15, 0.2) is 0 Å². The lowest BCUT2D eigenvalue weighted by Gasteiger charge is -2.17. The average Bonchev–Trinajstić information content (AvgIpc) is 2.60. The molecule has 1 aromatic carbocycles. The Morgan fingerprint density at radius 2 is 1.72 bits per heavy atom. The molecule has 0 atom stereocenters. The van der Waals surface area contributed by atoms with Crippen molar-refractivity contribution in [3.63, 3.8) is 0 Å². The van der Waals surface area contributed by atoms with Crippen LogP contribution in [0.2, 0.25) is 0 Å². The number of likely N-dealkylation sites (N-methyl/N-ethyl adjacent to an activating group) is 1. The summed E-state index contributed by atoms with van der Waals surface area (Å²) >= 11 is 0. The first-order chi connectivity index (χ1) is 12.0. The minimum Gasteiger partial charge on any atom is -0.345 e. The number of benzene rings is 1. The van der Waals surface area contributed by atoms with Crippen LogP contribution in [0.5, 0.6) is 0 Å². The van der Waals surface area contributed by atoms with Crippen LogP contribution in [0.3, 0.4) is 0 Å². The van der Waals surface area contributed by atoms with Gasteiger partial charge >= 0.3 is 0 Å². The number of carbonyl (C=O) groups excluding carboxylic acids is 2. The van der Waals surface area contributed by atoms with Gasteiger partial charge in [0.1, 0.15) is 6.42 Å². The Morgan fingerprint density at radius 3 is 2.32 bits per heavy atom. The third-order valence-electron chi connectivity index (χ3n) is 4.08. The van der Waals surface area contributed by atoms with Gasteiger partial charge in [-0.2, -0.15) is 0 Å². The van der Waals surface area contributed by atoms with Crippen LogP contribution in [0, 0.1) is 0 Å². The molecule has 132 valence electrons. The lowest BCUT2D eigenvalue weighted by molar-refractivity contribution is -0.133. The molecule has 0 saturated heterocycles. The van der Waals surface area contributed by atoms with E-state index in [4.69, 9.17) is 0 Å². The summed E-state index contributed by atoms with van der Waals surface area (Å²) in [5, 5.41) is 2.77. The second-order valence-corrected chi connectivity index (χ2v) is 6.42. The Labute approximate surface area is 149 Å². The molecule has 1 heterocycles. The first-order valence-electron chi connectivity index (χ1n) is 8.48. The molecule has 0 saturated carbocycles. The Balaban J connectivity index is 1.79. The van der Waals surface area contributed by atoms with Crippen molar-refractivity contribution in [2.75, 3.05) is 18.9 Å². The second-order valence-electron chi connectivity index (χ2n) is 6.42. The summed E-state index contributed by atoms with van der Waals surface area (Å²) in [7, 11) is 1.72. The molecular weight excluding hydrogens is 314 g/mol. The summed E-state index contributed by atoms with van der Waals surface area (Å²) in [6, 6.07) is 11.6. The van der Waals surface area contributed by atoms with E-state index in [-0.39, 0.29) is 18.2 Å². The van der Waals surface area contributed by atoms with Crippen LogP contribution in [-0.4, -0.2) is 35.3 Å². The van der Waals surface area contributed by atoms with Crippen molar-refractivity contribution >= 4 is 17.5 Å². The second kappa shape index (κ2) is 8.97. The Kier molecular flexibility index (Phi) is 6.69. The van der Waals surface area contributed by atoms with E-state index in [1.54, 1.807) is 24.3 Å². The largest absolute Gasteiger partial charge is 0.345 e. The molecule has 0 unspecified atom stereocenters. The monoisotopic (exact) mass is 339 g/mol. The Hall–Kier alpha value is -2.69. The highest BCUT2D eigenvalue weighted by molar-refractivity contribution is 6.03. The Morgan fingerprint density at radius 1 is 1.08 bits per heavy atom. The summed E-state index contributed by atoms with van der Waals surface area (Å²) < 4.78 is 0. The van der Waals surface area contributed by atoms with E-state index in [1.165, 1.54) is 5.56 Å². The number of hydrogen-bond acceptors (Lipinski definition) is 3. The summed E-state index contributed by atoms with van der Waals surface area (Å²) in [5.74, 6) is -0.0382. The fourth-order valence-electron chi connectivity index (χ4n) is 2.40. The molecule has 5 heteroatoms. The van der Waals surface area contributed by atoms with Crippen molar-refractivity contribution in [2.24, 2.45) is 0 Å². The fourth-order valence-corrected chi connectivity index (χ4v) is 2.40. The summed E-state index contributed by atoms with van der Waals surface area (Å²) in [4.78, 5) is 29.8. The maximum Gasteiger partial charge on any atom is 0.233 e. The molecule has 2 aromatic rings. The molecule has 0 aliphatic heterocycles. The van der Waals surface area contributed by atoms with E-state index < -0.39 is 0 Å². The van der Waals surface area contributed by atoms with Gasteiger partial charge < -0.3 is 10.2 Å². The number of anilines is 1. The minimum atomic E-state index is -0.293. The van der Waals surface area contributed by atoms with Crippen LogP contribution < -0.4 is 5.32 Å². The van der Waals surface area contributed by atoms with Crippen molar-refractivity contribution in [1.82, 2.24) is 9.88 Å². The highest BCUT2D eigenvalue weighted by atomic mass is 16.2. The van der Waals surface area contributed by atoms with Crippen molar-refractivity contribution in [2.45, 2.75) is 32.6 Å². The summed E-state index contributed by atoms with van der Waals surface area (Å²) in [6.07, 6.45) is 4.05. The quantitative estimate of drug-likeness (QED) is 0.788. The first kappa shape index (κ1) is 18.6. The van der Waals surface area contributed by atoms with E-state index in [1.807, 2.05) is 36.4 Å². The molecule has 0 bridgehead atoms. The van der Waals surface area contributed by atoms with Gasteiger partial charge in [-0.25, -0.2) is 0 Å². The molecule has 0 radical (unpaired) electrons. The number of nitrogens with zero attached hydrogens (tertiary/aromatic N) is 2. The lowest BCUT2D eigenvalue weighted by atomic mass is 10.0. The summed E-state index contributed by atoms with van der Waals surface area (Å²) in [5.41, 5.74) is 3.04. The van der Waals surface area contributed by atoms with Crippen LogP contribution in [0.4, 0.5) is 5.69 Å². The van der Waals surface area contributed by atoms with Crippen molar-refractivity contribution in [3.05, 3.63) is 59.9 Å². The topological polar surface area (TPSA) is 62.3 Å². The maximum absolute atomic E-state index is 12.2. The third kappa shape index (κ3) is 6.03. The van der Waals surface area contributed by atoms with Crippen molar-refractivity contribution < 1.29 is 9.59 Å². The normalized spacial score (nSPS) is 10.6.